The van der Waals surface area contributed by atoms with Gasteiger partial charge in [0.05, 0.1) is 6.61 Å². The van der Waals surface area contributed by atoms with Crippen LogP contribution in [0.3, 0.4) is 0 Å². The first kappa shape index (κ1) is 22.1. The number of halogens is 1. The Kier molecular flexibility index (Phi) is 7.11. The Hall–Kier alpha value is -3.20. The summed E-state index contributed by atoms with van der Waals surface area (Å²) < 4.78 is 23.5. The van der Waals surface area contributed by atoms with E-state index in [1.165, 1.54) is 30.5 Å². The van der Waals surface area contributed by atoms with Gasteiger partial charge in [0.15, 0.2) is 11.4 Å². The Morgan fingerprint density at radius 2 is 1.86 bits per heavy atom. The summed E-state index contributed by atoms with van der Waals surface area (Å²) in [4.78, 5) is 27.8. The van der Waals surface area contributed by atoms with E-state index in [9.17, 15) is 24.2 Å². The zero-order valence-corrected chi connectivity index (χ0v) is 16.4. The quantitative estimate of drug-likeness (QED) is 0.603. The molecule has 8 nitrogen and oxygen atoms in total. The zero-order chi connectivity index (χ0) is 21.6. The fourth-order valence-electron chi connectivity index (χ4n) is 2.35. The lowest BCUT2D eigenvalue weighted by molar-refractivity contribution is -0.153. The van der Waals surface area contributed by atoms with Crippen LogP contribution in [0.5, 0.6) is 11.5 Å². The Balaban J connectivity index is 2.07. The molecule has 1 heterocycles. The van der Waals surface area contributed by atoms with Gasteiger partial charge in [-0.1, -0.05) is 0 Å². The molecule has 0 saturated carbocycles. The average Bonchev–Trinajstić information content (AvgIpc) is 2.64. The van der Waals surface area contributed by atoms with E-state index in [4.69, 9.17) is 9.47 Å². The van der Waals surface area contributed by atoms with E-state index in [1.807, 2.05) is 0 Å². The molecule has 0 radical (unpaired) electrons. The third-order valence-corrected chi connectivity index (χ3v) is 3.64. The number of nitrogens with one attached hydrogen (secondary N) is 1. The lowest BCUT2D eigenvalue weighted by atomic mass is 10.1. The van der Waals surface area contributed by atoms with Gasteiger partial charge in [0, 0.05) is 17.3 Å². The second-order valence-corrected chi connectivity index (χ2v) is 7.13. The smallest absolute Gasteiger partial charge is 0.325 e. The third-order valence-electron chi connectivity index (χ3n) is 3.64. The van der Waals surface area contributed by atoms with Gasteiger partial charge in [0.25, 0.3) is 5.91 Å². The molecule has 2 rings (SSSR count). The maximum Gasteiger partial charge on any atom is 0.325 e. The van der Waals surface area contributed by atoms with Crippen molar-refractivity contribution in [3.05, 3.63) is 53.1 Å². The SMILES string of the molecule is CC(C)(C)OC(=O)CNC(=O)c1ncc(COc2ccc(F)cc2)c(CO)c1O. The molecule has 0 saturated heterocycles. The number of aromatic nitrogens is 1. The zero-order valence-electron chi connectivity index (χ0n) is 16.4. The number of nitrogens with zero attached hydrogens (tertiary/aromatic N) is 1. The molecule has 1 aromatic carbocycles. The van der Waals surface area contributed by atoms with Gasteiger partial charge in [-0.25, -0.2) is 9.37 Å². The van der Waals surface area contributed by atoms with Crippen molar-refractivity contribution in [1.82, 2.24) is 10.3 Å². The fraction of sp³-hybridized carbons (Fsp3) is 0.350. The van der Waals surface area contributed by atoms with Crippen LogP contribution in [0.25, 0.3) is 0 Å². The number of benzene rings is 1. The molecule has 156 valence electrons. The van der Waals surface area contributed by atoms with Crippen molar-refractivity contribution in [1.29, 1.82) is 0 Å². The van der Waals surface area contributed by atoms with E-state index in [2.05, 4.69) is 10.3 Å². The minimum atomic E-state index is -0.797. The van der Waals surface area contributed by atoms with Crippen LogP contribution in [-0.2, 0) is 22.7 Å². The van der Waals surface area contributed by atoms with Gasteiger partial charge in [-0.05, 0) is 45.0 Å². The molecule has 0 spiro atoms. The second-order valence-electron chi connectivity index (χ2n) is 7.13. The number of esters is 1. The first-order valence-electron chi connectivity index (χ1n) is 8.79. The van der Waals surface area contributed by atoms with Crippen molar-refractivity contribution in [3.8, 4) is 11.5 Å². The number of aliphatic hydroxyl groups is 1. The number of carbonyl (C=O) groups excluding carboxylic acids is 2. The second kappa shape index (κ2) is 9.33. The summed E-state index contributed by atoms with van der Waals surface area (Å²) in [5.41, 5.74) is -0.635. The van der Waals surface area contributed by atoms with Gasteiger partial charge < -0.3 is 25.0 Å². The third kappa shape index (κ3) is 6.42. The topological polar surface area (TPSA) is 118 Å². The van der Waals surface area contributed by atoms with Crippen molar-refractivity contribution in [2.75, 3.05) is 6.54 Å². The largest absolute Gasteiger partial charge is 0.505 e. The van der Waals surface area contributed by atoms with Crippen LogP contribution >= 0.6 is 0 Å². The molecule has 0 unspecified atom stereocenters. The maximum absolute atomic E-state index is 12.9. The van der Waals surface area contributed by atoms with Crippen LogP contribution < -0.4 is 10.1 Å². The van der Waals surface area contributed by atoms with Gasteiger partial charge >= 0.3 is 5.97 Å². The van der Waals surface area contributed by atoms with E-state index in [0.29, 0.717) is 11.3 Å². The molecule has 3 N–H and O–H groups in total. The molecular formula is C20H23FN2O6. The Labute approximate surface area is 167 Å². The molecule has 0 bridgehead atoms. The highest BCUT2D eigenvalue weighted by molar-refractivity contribution is 5.96. The van der Waals surface area contributed by atoms with Crippen molar-refractivity contribution < 1.29 is 33.7 Å². The molecule has 0 aliphatic carbocycles. The number of ether oxygens (including phenoxy) is 2. The van der Waals surface area contributed by atoms with Crippen molar-refractivity contribution >= 4 is 11.9 Å². The standard InChI is InChI=1S/C20H23FN2O6/c1-20(2,3)29-16(25)9-23-19(27)17-18(26)15(10-24)12(8-22-17)11-28-14-6-4-13(21)5-7-14/h4-8,24,26H,9-11H2,1-3H3,(H,23,27). The van der Waals surface area contributed by atoms with E-state index in [1.54, 1.807) is 20.8 Å². The number of pyridine rings is 1. The van der Waals surface area contributed by atoms with E-state index in [-0.39, 0.29) is 17.9 Å². The van der Waals surface area contributed by atoms with Gasteiger partial charge in [-0.15, -0.1) is 0 Å². The number of rotatable bonds is 7. The Morgan fingerprint density at radius 3 is 2.45 bits per heavy atom. The number of amides is 1. The van der Waals surface area contributed by atoms with Crippen LogP contribution in [0.2, 0.25) is 0 Å². The van der Waals surface area contributed by atoms with Crippen molar-refractivity contribution in [2.45, 2.75) is 39.6 Å². The van der Waals surface area contributed by atoms with Gasteiger partial charge in [-0.2, -0.15) is 0 Å². The minimum Gasteiger partial charge on any atom is -0.505 e. The molecule has 0 atom stereocenters. The molecule has 9 heteroatoms. The first-order valence-corrected chi connectivity index (χ1v) is 8.79. The number of aliphatic hydroxyl groups excluding tert-OH is 1. The predicted molar refractivity (Wildman–Crippen MR) is 101 cm³/mol. The molecule has 2 aromatic rings. The molecule has 1 amide bonds. The molecule has 0 aliphatic heterocycles. The normalized spacial score (nSPS) is 11.1. The minimum absolute atomic E-state index is 0.0597. The Bertz CT molecular complexity index is 878. The first-order chi connectivity index (χ1) is 13.6. The number of hydrogen-bond acceptors (Lipinski definition) is 7. The van der Waals surface area contributed by atoms with Gasteiger partial charge in [0.2, 0.25) is 0 Å². The number of aromatic hydroxyl groups is 1. The van der Waals surface area contributed by atoms with Crippen LogP contribution in [-0.4, -0.2) is 39.2 Å². The van der Waals surface area contributed by atoms with Gasteiger partial charge in [0.1, 0.15) is 30.3 Å². The van der Waals surface area contributed by atoms with Crippen LogP contribution in [0.15, 0.2) is 30.5 Å². The summed E-state index contributed by atoms with van der Waals surface area (Å²) in [5.74, 6) is -1.98. The molecule has 0 aliphatic rings. The number of carbonyl (C=O) groups is 2. The summed E-state index contributed by atoms with van der Waals surface area (Å²) in [6.45, 7) is 4.05. The van der Waals surface area contributed by atoms with E-state index < -0.39 is 42.2 Å². The summed E-state index contributed by atoms with van der Waals surface area (Å²) in [5, 5.41) is 22.2. The van der Waals surface area contributed by atoms with E-state index >= 15 is 0 Å². The predicted octanol–water partition coefficient (Wildman–Crippen LogP) is 2.07. The molecular weight excluding hydrogens is 383 g/mol. The van der Waals surface area contributed by atoms with Gasteiger partial charge in [-0.3, -0.25) is 9.59 Å². The molecule has 0 fully saturated rings. The average molecular weight is 406 g/mol. The highest BCUT2D eigenvalue weighted by Crippen LogP contribution is 2.25. The molecule has 1 aromatic heterocycles. The lowest BCUT2D eigenvalue weighted by Crippen LogP contribution is -2.35. The van der Waals surface area contributed by atoms with E-state index in [0.717, 1.165) is 0 Å². The maximum atomic E-state index is 12.9. The summed E-state index contributed by atoms with van der Waals surface area (Å²) in [7, 11) is 0. The summed E-state index contributed by atoms with van der Waals surface area (Å²) in [6, 6.07) is 5.33. The summed E-state index contributed by atoms with van der Waals surface area (Å²) in [6.07, 6.45) is 1.27. The highest BCUT2D eigenvalue weighted by Gasteiger charge is 2.21. The number of hydrogen-bond donors (Lipinski definition) is 3. The highest BCUT2D eigenvalue weighted by atomic mass is 19.1. The lowest BCUT2D eigenvalue weighted by Gasteiger charge is -2.19. The Morgan fingerprint density at radius 1 is 1.21 bits per heavy atom. The monoisotopic (exact) mass is 406 g/mol. The van der Waals surface area contributed by atoms with Crippen molar-refractivity contribution in [2.24, 2.45) is 0 Å². The summed E-state index contributed by atoms with van der Waals surface area (Å²) >= 11 is 0. The fourth-order valence-corrected chi connectivity index (χ4v) is 2.35. The van der Waals surface area contributed by atoms with Crippen LogP contribution in [0.1, 0.15) is 42.4 Å². The van der Waals surface area contributed by atoms with Crippen LogP contribution in [0.4, 0.5) is 4.39 Å². The van der Waals surface area contributed by atoms with Crippen molar-refractivity contribution in [3.63, 3.8) is 0 Å². The molecule has 29 heavy (non-hydrogen) atoms. The van der Waals surface area contributed by atoms with Crippen LogP contribution in [0, 0.1) is 5.82 Å².